The van der Waals surface area contributed by atoms with E-state index in [1.807, 2.05) is 18.2 Å². The Kier molecular flexibility index (Phi) is 5.51. The first-order valence-electron chi connectivity index (χ1n) is 8.28. The smallest absolute Gasteiger partial charge is 0.272 e. The summed E-state index contributed by atoms with van der Waals surface area (Å²) in [6, 6.07) is 17.1. The van der Waals surface area contributed by atoms with Crippen LogP contribution in [0.4, 0.5) is 0 Å². The third kappa shape index (κ3) is 3.98. The molecular weight excluding hydrogens is 346 g/mol. The van der Waals surface area contributed by atoms with Crippen molar-refractivity contribution in [1.29, 1.82) is 0 Å². The summed E-state index contributed by atoms with van der Waals surface area (Å²) >= 11 is 0. The number of methoxy groups -OCH3 is 2. The zero-order valence-corrected chi connectivity index (χ0v) is 15.0. The van der Waals surface area contributed by atoms with E-state index in [1.165, 1.54) is 16.8 Å². The van der Waals surface area contributed by atoms with E-state index in [4.69, 9.17) is 9.47 Å². The van der Waals surface area contributed by atoms with E-state index in [0.29, 0.717) is 17.2 Å². The van der Waals surface area contributed by atoms with Crippen LogP contribution in [0.1, 0.15) is 16.1 Å². The Bertz CT molecular complexity index is 1000. The number of amides is 1. The number of nitrogens with zero attached hydrogens (tertiary/aromatic N) is 2. The molecule has 1 amide bonds. The Hall–Kier alpha value is -3.61. The van der Waals surface area contributed by atoms with Crippen LogP contribution in [0.5, 0.6) is 11.5 Å². The van der Waals surface area contributed by atoms with Crippen LogP contribution in [0, 0.1) is 0 Å². The molecule has 0 atom stereocenters. The normalized spacial score (nSPS) is 10.3. The van der Waals surface area contributed by atoms with E-state index in [2.05, 4.69) is 10.4 Å². The first kappa shape index (κ1) is 18.2. The second-order valence-electron chi connectivity index (χ2n) is 5.64. The fraction of sp³-hybridized carbons (Fsp3) is 0.150. The van der Waals surface area contributed by atoms with E-state index in [1.54, 1.807) is 44.6 Å². The van der Waals surface area contributed by atoms with E-state index in [-0.39, 0.29) is 17.8 Å². The van der Waals surface area contributed by atoms with Gasteiger partial charge in [-0.3, -0.25) is 9.59 Å². The molecule has 0 radical (unpaired) electrons. The minimum absolute atomic E-state index is 0.139. The van der Waals surface area contributed by atoms with Crippen LogP contribution in [-0.2, 0) is 6.54 Å². The minimum atomic E-state index is -0.399. The summed E-state index contributed by atoms with van der Waals surface area (Å²) in [7, 11) is 3.09. The Balaban J connectivity index is 1.81. The molecule has 1 aromatic heterocycles. The molecule has 138 valence electrons. The Morgan fingerprint density at radius 1 is 1.00 bits per heavy atom. The fourth-order valence-corrected chi connectivity index (χ4v) is 2.65. The maximum Gasteiger partial charge on any atom is 0.272 e. The van der Waals surface area contributed by atoms with Gasteiger partial charge in [0.15, 0.2) is 11.5 Å². The average Bonchev–Trinajstić information content (AvgIpc) is 2.72. The van der Waals surface area contributed by atoms with Crippen molar-refractivity contribution < 1.29 is 14.3 Å². The number of aromatic nitrogens is 2. The zero-order chi connectivity index (χ0) is 19.2. The molecule has 0 fully saturated rings. The number of para-hydroxylation sites is 2. The van der Waals surface area contributed by atoms with Gasteiger partial charge in [0.1, 0.15) is 5.69 Å². The molecule has 27 heavy (non-hydrogen) atoms. The Morgan fingerprint density at radius 2 is 1.78 bits per heavy atom. The molecule has 3 rings (SSSR count). The summed E-state index contributed by atoms with van der Waals surface area (Å²) in [6.07, 6.45) is 0. The molecule has 0 saturated heterocycles. The van der Waals surface area contributed by atoms with Crippen LogP contribution < -0.4 is 20.3 Å². The molecular formula is C20H19N3O4. The van der Waals surface area contributed by atoms with Gasteiger partial charge in [0, 0.05) is 18.2 Å². The Labute approximate surface area is 156 Å². The van der Waals surface area contributed by atoms with Gasteiger partial charge in [-0.15, -0.1) is 0 Å². The fourth-order valence-electron chi connectivity index (χ4n) is 2.65. The molecule has 0 aliphatic rings. The lowest BCUT2D eigenvalue weighted by Crippen LogP contribution is -2.28. The van der Waals surface area contributed by atoms with Crippen LogP contribution in [0.2, 0.25) is 0 Å². The summed E-state index contributed by atoms with van der Waals surface area (Å²) in [5.74, 6) is 0.743. The van der Waals surface area contributed by atoms with Crippen molar-refractivity contribution in [1.82, 2.24) is 15.1 Å². The van der Waals surface area contributed by atoms with Gasteiger partial charge in [0.2, 0.25) is 0 Å². The predicted molar refractivity (Wildman–Crippen MR) is 101 cm³/mol. The lowest BCUT2D eigenvalue weighted by Gasteiger charge is -2.13. The quantitative estimate of drug-likeness (QED) is 0.724. The highest BCUT2D eigenvalue weighted by atomic mass is 16.5. The molecule has 0 unspecified atom stereocenters. The van der Waals surface area contributed by atoms with Crippen LogP contribution in [0.25, 0.3) is 5.69 Å². The number of carbonyl (C=O) groups excluding carboxylic acids is 1. The van der Waals surface area contributed by atoms with Crippen LogP contribution in [0.15, 0.2) is 65.5 Å². The highest BCUT2D eigenvalue weighted by Gasteiger charge is 2.13. The third-order valence-electron chi connectivity index (χ3n) is 3.96. The largest absolute Gasteiger partial charge is 0.493 e. The van der Waals surface area contributed by atoms with Crippen molar-refractivity contribution in [2.45, 2.75) is 6.54 Å². The molecule has 0 saturated carbocycles. The summed E-state index contributed by atoms with van der Waals surface area (Å²) in [4.78, 5) is 24.6. The first-order valence-corrected chi connectivity index (χ1v) is 8.28. The minimum Gasteiger partial charge on any atom is -0.493 e. The lowest BCUT2D eigenvalue weighted by atomic mass is 10.2. The highest BCUT2D eigenvalue weighted by Crippen LogP contribution is 2.30. The summed E-state index contributed by atoms with van der Waals surface area (Å²) < 4.78 is 11.8. The van der Waals surface area contributed by atoms with Gasteiger partial charge in [0.05, 0.1) is 19.9 Å². The highest BCUT2D eigenvalue weighted by molar-refractivity contribution is 5.92. The molecule has 7 nitrogen and oxygen atoms in total. The second-order valence-corrected chi connectivity index (χ2v) is 5.64. The van der Waals surface area contributed by atoms with Gasteiger partial charge < -0.3 is 14.8 Å². The van der Waals surface area contributed by atoms with Crippen molar-refractivity contribution in [2.75, 3.05) is 14.2 Å². The number of nitrogens with one attached hydrogen (secondary N) is 1. The van der Waals surface area contributed by atoms with Gasteiger partial charge in [-0.2, -0.15) is 9.78 Å². The SMILES string of the molecule is COc1cccc(CNC(=O)c2ccc(=O)n(-c3ccccc3)n2)c1OC. The molecule has 0 aliphatic heterocycles. The van der Waals surface area contributed by atoms with Gasteiger partial charge in [-0.05, 0) is 24.3 Å². The van der Waals surface area contributed by atoms with E-state index in [9.17, 15) is 9.59 Å². The monoisotopic (exact) mass is 365 g/mol. The first-order chi connectivity index (χ1) is 13.1. The van der Waals surface area contributed by atoms with E-state index in [0.717, 1.165) is 5.56 Å². The maximum absolute atomic E-state index is 12.5. The molecule has 0 bridgehead atoms. The van der Waals surface area contributed by atoms with Crippen molar-refractivity contribution in [3.05, 3.63) is 82.3 Å². The van der Waals surface area contributed by atoms with E-state index < -0.39 is 5.91 Å². The number of ether oxygens (including phenoxy) is 2. The summed E-state index contributed by atoms with van der Waals surface area (Å²) in [6.45, 7) is 0.228. The molecule has 3 aromatic rings. The van der Waals surface area contributed by atoms with Crippen LogP contribution in [-0.4, -0.2) is 29.9 Å². The topological polar surface area (TPSA) is 82.5 Å². The number of hydrogen-bond acceptors (Lipinski definition) is 5. The second kappa shape index (κ2) is 8.18. The zero-order valence-electron chi connectivity index (χ0n) is 15.0. The summed E-state index contributed by atoms with van der Waals surface area (Å²) in [5.41, 5.74) is 1.18. The van der Waals surface area contributed by atoms with E-state index >= 15 is 0 Å². The molecule has 7 heteroatoms. The molecule has 1 heterocycles. The lowest BCUT2D eigenvalue weighted by molar-refractivity contribution is 0.0944. The van der Waals surface area contributed by atoms with Crippen molar-refractivity contribution in [3.8, 4) is 17.2 Å². The number of rotatable bonds is 6. The average molecular weight is 365 g/mol. The maximum atomic E-state index is 12.5. The van der Waals surface area contributed by atoms with Gasteiger partial charge in [-0.25, -0.2) is 0 Å². The molecule has 0 aliphatic carbocycles. The van der Waals surface area contributed by atoms with Gasteiger partial charge in [0.25, 0.3) is 11.5 Å². The standard InChI is InChI=1S/C20H19N3O4/c1-26-17-10-6-7-14(19(17)27-2)13-21-20(25)16-11-12-18(24)23(22-16)15-8-4-3-5-9-15/h3-12H,13H2,1-2H3,(H,21,25). The van der Waals surface area contributed by atoms with Crippen molar-refractivity contribution >= 4 is 5.91 Å². The van der Waals surface area contributed by atoms with Gasteiger partial charge in [-0.1, -0.05) is 30.3 Å². The van der Waals surface area contributed by atoms with Crippen LogP contribution >= 0.6 is 0 Å². The van der Waals surface area contributed by atoms with Crippen molar-refractivity contribution in [3.63, 3.8) is 0 Å². The molecule has 0 spiro atoms. The van der Waals surface area contributed by atoms with Gasteiger partial charge >= 0.3 is 0 Å². The molecule has 1 N–H and O–H groups in total. The Morgan fingerprint density at radius 3 is 2.48 bits per heavy atom. The van der Waals surface area contributed by atoms with Crippen molar-refractivity contribution in [2.24, 2.45) is 0 Å². The van der Waals surface area contributed by atoms with Crippen LogP contribution in [0.3, 0.4) is 0 Å². The molecule has 2 aromatic carbocycles. The summed E-state index contributed by atoms with van der Waals surface area (Å²) in [5, 5.41) is 6.95. The number of carbonyl (C=O) groups is 1. The number of benzene rings is 2. The third-order valence-corrected chi connectivity index (χ3v) is 3.96. The predicted octanol–water partition coefficient (Wildman–Crippen LogP) is 2.18. The number of hydrogen-bond donors (Lipinski definition) is 1.